The summed E-state index contributed by atoms with van der Waals surface area (Å²) in [7, 11) is -1.66. The molecule has 32 heavy (non-hydrogen) atoms. The number of rotatable bonds is 8. The van der Waals surface area contributed by atoms with Gasteiger partial charge in [0.15, 0.2) is 16.4 Å². The molecule has 1 heterocycles. The minimum absolute atomic E-state index is 0.00376. The van der Waals surface area contributed by atoms with Crippen molar-refractivity contribution < 1.29 is 36.3 Å². The van der Waals surface area contributed by atoms with Crippen molar-refractivity contribution in [2.45, 2.75) is 19.1 Å². The van der Waals surface area contributed by atoms with Gasteiger partial charge in [-0.05, 0) is 42.8 Å². The van der Waals surface area contributed by atoms with Crippen LogP contribution in [0.15, 0.2) is 48.5 Å². The van der Waals surface area contributed by atoms with Crippen LogP contribution in [0.4, 0.5) is 20.2 Å². The summed E-state index contributed by atoms with van der Waals surface area (Å²) in [6.07, 6.45) is 0.354. The Kier molecular flexibility index (Phi) is 7.29. The minimum Gasteiger partial charge on any atom is -0.452 e. The lowest BCUT2D eigenvalue weighted by Gasteiger charge is -2.23. The third kappa shape index (κ3) is 6.16. The van der Waals surface area contributed by atoms with E-state index in [9.17, 15) is 26.8 Å². The van der Waals surface area contributed by atoms with E-state index in [1.165, 1.54) is 42.3 Å². The van der Waals surface area contributed by atoms with Crippen LogP contribution in [-0.4, -0.2) is 63.0 Å². The van der Waals surface area contributed by atoms with E-state index in [1.54, 1.807) is 18.2 Å². The van der Waals surface area contributed by atoms with Crippen LogP contribution in [0.1, 0.15) is 16.8 Å². The second-order valence-corrected chi connectivity index (χ2v) is 9.44. The summed E-state index contributed by atoms with van der Waals surface area (Å²) >= 11 is 0. The number of amides is 1. The zero-order valence-electron chi connectivity index (χ0n) is 17.2. The standard InChI is InChI=1S/C21H22F2N2O6S/c1-25(15-10-11-32(28,29)13-15)19(26)12-30-20(27)17-4-2-3-5-18(17)24-14-6-8-16(9-7-14)31-21(22)23/h2-9,15,21,24H,10-13H2,1H3. The fourth-order valence-corrected chi connectivity index (χ4v) is 5.01. The van der Waals surface area contributed by atoms with Crippen LogP contribution < -0.4 is 10.1 Å². The van der Waals surface area contributed by atoms with Crippen molar-refractivity contribution in [3.8, 4) is 5.75 Å². The van der Waals surface area contributed by atoms with Crippen LogP contribution in [0.25, 0.3) is 0 Å². The number of esters is 1. The molecule has 2 aromatic carbocycles. The van der Waals surface area contributed by atoms with Crippen LogP contribution in [0.3, 0.4) is 0 Å². The Morgan fingerprint density at radius 3 is 2.47 bits per heavy atom. The number of likely N-dealkylation sites (N-methyl/N-ethyl adjacent to an activating group) is 1. The number of alkyl halides is 2. The van der Waals surface area contributed by atoms with Gasteiger partial charge >= 0.3 is 12.6 Å². The van der Waals surface area contributed by atoms with E-state index >= 15 is 0 Å². The largest absolute Gasteiger partial charge is 0.452 e. The summed E-state index contributed by atoms with van der Waals surface area (Å²) in [5.74, 6) is -1.32. The number of carbonyl (C=O) groups excluding carboxylic acids is 2. The first-order valence-corrected chi connectivity index (χ1v) is 11.5. The van der Waals surface area contributed by atoms with Crippen LogP contribution in [0.2, 0.25) is 0 Å². The maximum absolute atomic E-state index is 12.6. The number of nitrogens with one attached hydrogen (secondary N) is 1. The third-order valence-corrected chi connectivity index (χ3v) is 6.73. The molecule has 0 aromatic heterocycles. The van der Waals surface area contributed by atoms with Gasteiger partial charge < -0.3 is 19.7 Å². The number of benzene rings is 2. The van der Waals surface area contributed by atoms with Crippen molar-refractivity contribution in [1.29, 1.82) is 0 Å². The number of anilines is 2. The van der Waals surface area contributed by atoms with Crippen LogP contribution in [0, 0.1) is 0 Å². The highest BCUT2D eigenvalue weighted by Crippen LogP contribution is 2.24. The quantitative estimate of drug-likeness (QED) is 0.595. The van der Waals surface area contributed by atoms with E-state index in [1.807, 2.05) is 0 Å². The lowest BCUT2D eigenvalue weighted by molar-refractivity contribution is -0.134. The Morgan fingerprint density at radius 2 is 1.84 bits per heavy atom. The summed E-state index contributed by atoms with van der Waals surface area (Å²) in [6.45, 7) is -3.45. The molecule has 0 spiro atoms. The van der Waals surface area contributed by atoms with Gasteiger partial charge in [-0.1, -0.05) is 12.1 Å². The average molecular weight is 468 g/mol. The molecule has 172 valence electrons. The van der Waals surface area contributed by atoms with E-state index in [0.717, 1.165) is 0 Å². The minimum atomic E-state index is -3.15. The molecule has 1 saturated heterocycles. The van der Waals surface area contributed by atoms with E-state index < -0.39 is 41.0 Å². The van der Waals surface area contributed by atoms with Crippen molar-refractivity contribution in [2.75, 3.05) is 30.5 Å². The third-order valence-electron chi connectivity index (χ3n) is 4.98. The lowest BCUT2D eigenvalue weighted by atomic mass is 10.1. The summed E-state index contributed by atoms with van der Waals surface area (Å²) < 4.78 is 57.2. The van der Waals surface area contributed by atoms with E-state index in [0.29, 0.717) is 17.8 Å². The molecule has 0 aliphatic carbocycles. The highest BCUT2D eigenvalue weighted by Gasteiger charge is 2.33. The molecule has 1 aliphatic heterocycles. The first kappa shape index (κ1) is 23.5. The van der Waals surface area contributed by atoms with Crippen molar-refractivity contribution in [3.63, 3.8) is 0 Å². The predicted molar refractivity (Wildman–Crippen MR) is 113 cm³/mol. The zero-order chi connectivity index (χ0) is 23.3. The monoisotopic (exact) mass is 468 g/mol. The first-order valence-electron chi connectivity index (χ1n) is 9.69. The van der Waals surface area contributed by atoms with Gasteiger partial charge in [0, 0.05) is 18.8 Å². The maximum Gasteiger partial charge on any atom is 0.387 e. The molecule has 1 unspecified atom stereocenters. The van der Waals surface area contributed by atoms with Gasteiger partial charge in [0.2, 0.25) is 0 Å². The highest BCUT2D eigenvalue weighted by molar-refractivity contribution is 7.91. The first-order chi connectivity index (χ1) is 15.1. The van der Waals surface area contributed by atoms with Crippen molar-refractivity contribution in [1.82, 2.24) is 4.90 Å². The average Bonchev–Trinajstić information content (AvgIpc) is 3.12. The molecule has 3 rings (SSSR count). The molecule has 2 aromatic rings. The number of nitrogens with zero attached hydrogens (tertiary/aromatic N) is 1. The fraction of sp³-hybridized carbons (Fsp3) is 0.333. The van der Waals surface area contributed by atoms with Gasteiger partial charge in [0.25, 0.3) is 5.91 Å². The van der Waals surface area contributed by atoms with E-state index in [4.69, 9.17) is 4.74 Å². The van der Waals surface area contributed by atoms with Crippen LogP contribution in [0.5, 0.6) is 5.75 Å². The van der Waals surface area contributed by atoms with Gasteiger partial charge in [-0.3, -0.25) is 4.79 Å². The van der Waals surface area contributed by atoms with Gasteiger partial charge in [-0.25, -0.2) is 13.2 Å². The molecule has 8 nitrogen and oxygen atoms in total. The Labute approximate surface area is 184 Å². The number of halogens is 2. The zero-order valence-corrected chi connectivity index (χ0v) is 18.0. The molecule has 0 bridgehead atoms. The Bertz CT molecular complexity index is 1080. The number of carbonyl (C=O) groups is 2. The molecular weight excluding hydrogens is 446 g/mol. The normalized spacial score (nSPS) is 17.1. The molecule has 1 aliphatic rings. The van der Waals surface area contributed by atoms with Crippen molar-refractivity contribution in [2.24, 2.45) is 0 Å². The number of hydrogen-bond acceptors (Lipinski definition) is 7. The van der Waals surface area contributed by atoms with Gasteiger partial charge in [-0.15, -0.1) is 0 Å². The molecular formula is C21H22F2N2O6S. The number of ether oxygens (including phenoxy) is 2. The molecule has 0 radical (unpaired) electrons. The van der Waals surface area contributed by atoms with E-state index in [-0.39, 0.29) is 22.8 Å². The molecule has 1 atom stereocenters. The predicted octanol–water partition coefficient (Wildman–Crippen LogP) is 2.83. The van der Waals surface area contributed by atoms with Gasteiger partial charge in [0.1, 0.15) is 5.75 Å². The second-order valence-electron chi connectivity index (χ2n) is 7.21. The Morgan fingerprint density at radius 1 is 1.16 bits per heavy atom. The highest BCUT2D eigenvalue weighted by atomic mass is 32.2. The molecule has 1 amide bonds. The Hall–Kier alpha value is -3.21. The summed E-state index contributed by atoms with van der Waals surface area (Å²) in [5, 5.41) is 2.99. The van der Waals surface area contributed by atoms with Crippen molar-refractivity contribution in [3.05, 3.63) is 54.1 Å². The van der Waals surface area contributed by atoms with Crippen LogP contribution in [-0.2, 0) is 19.4 Å². The van der Waals surface area contributed by atoms with Gasteiger partial charge in [-0.2, -0.15) is 8.78 Å². The second kappa shape index (κ2) is 9.94. The molecule has 1 fully saturated rings. The molecule has 1 N–H and O–H groups in total. The summed E-state index contributed by atoms with van der Waals surface area (Å²) in [4.78, 5) is 26.2. The van der Waals surface area contributed by atoms with Gasteiger partial charge in [0.05, 0.1) is 22.8 Å². The molecule has 11 heteroatoms. The lowest BCUT2D eigenvalue weighted by Crippen LogP contribution is -2.40. The number of sulfone groups is 1. The Balaban J connectivity index is 1.61. The molecule has 0 saturated carbocycles. The number of para-hydroxylation sites is 1. The topological polar surface area (TPSA) is 102 Å². The summed E-state index contributed by atoms with van der Waals surface area (Å²) in [6, 6.07) is 11.7. The fourth-order valence-electron chi connectivity index (χ4n) is 3.24. The van der Waals surface area contributed by atoms with E-state index in [2.05, 4.69) is 10.1 Å². The maximum atomic E-state index is 12.6. The SMILES string of the molecule is CN(C(=O)COC(=O)c1ccccc1Nc1ccc(OC(F)F)cc1)C1CCS(=O)(=O)C1. The number of hydrogen-bond donors (Lipinski definition) is 1. The summed E-state index contributed by atoms with van der Waals surface area (Å²) in [5.41, 5.74) is 1.08. The smallest absolute Gasteiger partial charge is 0.387 e. The van der Waals surface area contributed by atoms with Crippen LogP contribution >= 0.6 is 0 Å². The van der Waals surface area contributed by atoms with Crippen molar-refractivity contribution >= 4 is 33.1 Å².